The van der Waals surface area contributed by atoms with Crippen molar-refractivity contribution in [1.29, 1.82) is 0 Å². The zero-order chi connectivity index (χ0) is 24.0. The molecule has 5 heterocycles. The minimum Gasteiger partial charge on any atom is -0.381 e. The fourth-order valence-electron chi connectivity index (χ4n) is 4.72. The van der Waals surface area contributed by atoms with Crippen LogP contribution < -0.4 is 4.90 Å². The van der Waals surface area contributed by atoms with Crippen molar-refractivity contribution in [3.63, 3.8) is 0 Å². The summed E-state index contributed by atoms with van der Waals surface area (Å²) < 4.78 is 46.2. The summed E-state index contributed by atoms with van der Waals surface area (Å²) in [6, 6.07) is 4.08. The fraction of sp³-hybridized carbons (Fsp3) is 0.478. The molecule has 0 aliphatic carbocycles. The molecule has 2 aliphatic heterocycles. The molecule has 0 bridgehead atoms. The van der Waals surface area contributed by atoms with Gasteiger partial charge in [-0.1, -0.05) is 0 Å². The van der Waals surface area contributed by atoms with Gasteiger partial charge in [0.1, 0.15) is 17.2 Å². The lowest BCUT2D eigenvalue weighted by Gasteiger charge is -2.45. The zero-order valence-corrected chi connectivity index (χ0v) is 18.9. The number of fused-ring (bicyclic) bond motifs is 1. The average molecular weight is 474 g/mol. The van der Waals surface area contributed by atoms with Crippen LogP contribution in [0.1, 0.15) is 25.8 Å². The maximum Gasteiger partial charge on any atom is 0.417 e. The lowest BCUT2D eigenvalue weighted by Crippen LogP contribution is -2.59. The molecule has 0 saturated carbocycles. The molecule has 0 radical (unpaired) electrons. The molecule has 3 aromatic heterocycles. The molecule has 1 amide bonds. The first-order chi connectivity index (χ1) is 16.2. The topological polar surface area (TPSA) is 75.9 Å². The maximum absolute atomic E-state index is 13.2. The monoisotopic (exact) mass is 474 g/mol. The highest BCUT2D eigenvalue weighted by molar-refractivity contribution is 5.77. The highest BCUT2D eigenvalue weighted by Gasteiger charge is 2.35. The van der Waals surface area contributed by atoms with E-state index < -0.39 is 11.7 Å². The molecular formula is C23H25F3N6O2. The second-order valence-electron chi connectivity index (χ2n) is 9.04. The fourth-order valence-corrected chi connectivity index (χ4v) is 4.72. The molecule has 11 heteroatoms. The van der Waals surface area contributed by atoms with Crippen LogP contribution in [-0.4, -0.2) is 68.5 Å². The Kier molecular flexibility index (Phi) is 5.67. The van der Waals surface area contributed by atoms with Gasteiger partial charge >= 0.3 is 6.18 Å². The molecule has 8 nitrogen and oxygen atoms in total. The third-order valence-electron chi connectivity index (χ3n) is 6.40. The number of piperazine rings is 1. The van der Waals surface area contributed by atoms with Crippen LogP contribution in [0, 0.1) is 5.92 Å². The smallest absolute Gasteiger partial charge is 0.381 e. The SMILES string of the molecule is CC1CN(c2ccnc(-c3cnc4ccc(C(F)(F)F)cn34)n2)CC(C)N1C(=O)CC1COC1. The van der Waals surface area contributed by atoms with E-state index in [0.29, 0.717) is 55.8 Å². The summed E-state index contributed by atoms with van der Waals surface area (Å²) in [5.41, 5.74) is -0.0175. The number of amides is 1. The van der Waals surface area contributed by atoms with E-state index >= 15 is 0 Å². The lowest BCUT2D eigenvalue weighted by atomic mass is 10.0. The van der Waals surface area contributed by atoms with Gasteiger partial charge in [0.2, 0.25) is 5.91 Å². The van der Waals surface area contributed by atoms with Crippen molar-refractivity contribution in [1.82, 2.24) is 24.3 Å². The van der Waals surface area contributed by atoms with Crippen LogP contribution in [0.4, 0.5) is 19.0 Å². The number of hydrogen-bond acceptors (Lipinski definition) is 6. The highest BCUT2D eigenvalue weighted by Crippen LogP contribution is 2.31. The Morgan fingerprint density at radius 1 is 1.12 bits per heavy atom. The molecule has 0 spiro atoms. The summed E-state index contributed by atoms with van der Waals surface area (Å²) in [5, 5.41) is 0. The van der Waals surface area contributed by atoms with Gasteiger partial charge in [0.25, 0.3) is 0 Å². The van der Waals surface area contributed by atoms with Gasteiger partial charge in [-0.15, -0.1) is 0 Å². The Morgan fingerprint density at radius 2 is 1.85 bits per heavy atom. The summed E-state index contributed by atoms with van der Waals surface area (Å²) in [4.78, 5) is 30.0. The Labute approximate surface area is 194 Å². The first-order valence-electron chi connectivity index (χ1n) is 11.2. The normalized spacial score (nSPS) is 21.7. The molecule has 34 heavy (non-hydrogen) atoms. The minimum atomic E-state index is -4.46. The molecule has 2 saturated heterocycles. The molecular weight excluding hydrogens is 449 g/mol. The molecule has 2 fully saturated rings. The average Bonchev–Trinajstić information content (AvgIpc) is 3.19. The van der Waals surface area contributed by atoms with Crippen LogP contribution in [0.2, 0.25) is 0 Å². The van der Waals surface area contributed by atoms with Gasteiger partial charge in [-0.2, -0.15) is 13.2 Å². The summed E-state index contributed by atoms with van der Waals surface area (Å²) >= 11 is 0. The highest BCUT2D eigenvalue weighted by atomic mass is 19.4. The van der Waals surface area contributed by atoms with Crippen molar-refractivity contribution in [2.45, 2.75) is 38.5 Å². The molecule has 0 N–H and O–H groups in total. The van der Waals surface area contributed by atoms with Crippen molar-refractivity contribution in [3.05, 3.63) is 42.4 Å². The molecule has 5 rings (SSSR count). The number of pyridine rings is 1. The van der Waals surface area contributed by atoms with E-state index in [1.54, 1.807) is 12.3 Å². The van der Waals surface area contributed by atoms with Crippen LogP contribution in [0.3, 0.4) is 0 Å². The number of ether oxygens (including phenoxy) is 1. The van der Waals surface area contributed by atoms with Crippen molar-refractivity contribution in [3.8, 4) is 11.5 Å². The van der Waals surface area contributed by atoms with E-state index in [4.69, 9.17) is 4.74 Å². The Morgan fingerprint density at radius 3 is 2.50 bits per heavy atom. The van der Waals surface area contributed by atoms with Crippen LogP contribution in [-0.2, 0) is 15.7 Å². The van der Waals surface area contributed by atoms with E-state index in [9.17, 15) is 18.0 Å². The Hall–Kier alpha value is -3.21. The molecule has 0 aromatic carbocycles. The third kappa shape index (κ3) is 4.20. The van der Waals surface area contributed by atoms with Crippen molar-refractivity contribution >= 4 is 17.4 Å². The minimum absolute atomic E-state index is 0.0131. The number of halogens is 3. The number of carbonyl (C=O) groups is 1. The quantitative estimate of drug-likeness (QED) is 0.578. The second-order valence-corrected chi connectivity index (χ2v) is 9.04. The van der Waals surface area contributed by atoms with E-state index in [2.05, 4.69) is 19.9 Å². The first kappa shape index (κ1) is 22.6. The molecule has 2 aliphatic rings. The number of carbonyl (C=O) groups excluding carboxylic acids is 1. The molecule has 180 valence electrons. The Balaban J connectivity index is 1.38. The lowest BCUT2D eigenvalue weighted by molar-refractivity contribution is -0.141. The number of hydrogen-bond donors (Lipinski definition) is 0. The number of rotatable bonds is 4. The van der Waals surface area contributed by atoms with E-state index in [0.717, 1.165) is 12.3 Å². The number of nitrogens with zero attached hydrogens (tertiary/aromatic N) is 6. The number of alkyl halides is 3. The predicted octanol–water partition coefficient (Wildman–Crippen LogP) is 3.27. The van der Waals surface area contributed by atoms with Crippen LogP contribution in [0.15, 0.2) is 36.8 Å². The number of imidazole rings is 1. The molecule has 2 atom stereocenters. The summed E-state index contributed by atoms with van der Waals surface area (Å²) in [5.74, 6) is 1.39. The Bertz CT molecular complexity index is 1200. The zero-order valence-electron chi connectivity index (χ0n) is 18.9. The van der Waals surface area contributed by atoms with Crippen molar-refractivity contribution in [2.24, 2.45) is 5.92 Å². The van der Waals surface area contributed by atoms with Gasteiger partial charge in [0.15, 0.2) is 5.82 Å². The van der Waals surface area contributed by atoms with E-state index in [1.165, 1.54) is 16.7 Å². The number of aromatic nitrogens is 4. The van der Waals surface area contributed by atoms with Crippen LogP contribution in [0.5, 0.6) is 0 Å². The van der Waals surface area contributed by atoms with E-state index in [1.807, 2.05) is 18.7 Å². The van der Waals surface area contributed by atoms with E-state index in [-0.39, 0.29) is 23.8 Å². The second kappa shape index (κ2) is 8.53. The summed E-state index contributed by atoms with van der Waals surface area (Å²) in [6.45, 7) is 6.52. The van der Waals surface area contributed by atoms with Gasteiger partial charge in [-0.05, 0) is 32.0 Å². The predicted molar refractivity (Wildman–Crippen MR) is 118 cm³/mol. The van der Waals surface area contributed by atoms with Crippen LogP contribution in [0.25, 0.3) is 17.2 Å². The standard InChI is InChI=1S/C23H25F3N6O2/c1-14-9-30(10-15(2)32(14)21(33)7-16-12-34-13-16)20-5-6-27-22(29-20)18-8-28-19-4-3-17(11-31(18)19)23(24,25)26/h3-6,8,11,14-16H,7,9-10,12-13H2,1-2H3. The van der Waals surface area contributed by atoms with Gasteiger partial charge in [0.05, 0.1) is 25.0 Å². The largest absolute Gasteiger partial charge is 0.417 e. The molecule has 2 unspecified atom stereocenters. The van der Waals surface area contributed by atoms with Gasteiger partial charge < -0.3 is 14.5 Å². The van der Waals surface area contributed by atoms with Crippen molar-refractivity contribution < 1.29 is 22.7 Å². The third-order valence-corrected chi connectivity index (χ3v) is 6.40. The molecule has 3 aromatic rings. The maximum atomic E-state index is 13.2. The summed E-state index contributed by atoms with van der Waals surface area (Å²) in [7, 11) is 0. The van der Waals surface area contributed by atoms with Gasteiger partial charge in [-0.3, -0.25) is 9.20 Å². The number of anilines is 1. The first-order valence-corrected chi connectivity index (χ1v) is 11.2. The summed E-state index contributed by atoms with van der Waals surface area (Å²) in [6.07, 6.45) is 0.109. The van der Waals surface area contributed by atoms with Crippen molar-refractivity contribution in [2.75, 3.05) is 31.2 Å². The van der Waals surface area contributed by atoms with Gasteiger partial charge in [0, 0.05) is 49.9 Å². The van der Waals surface area contributed by atoms with Crippen LogP contribution >= 0.6 is 0 Å². The van der Waals surface area contributed by atoms with Gasteiger partial charge in [-0.25, -0.2) is 15.0 Å².